The van der Waals surface area contributed by atoms with E-state index in [-0.39, 0.29) is 0 Å². The lowest BCUT2D eigenvalue weighted by Crippen LogP contribution is -2.13. The summed E-state index contributed by atoms with van der Waals surface area (Å²) in [6.07, 6.45) is -4.63. The van der Waals surface area contributed by atoms with Crippen LogP contribution >= 0.6 is 11.8 Å². The first-order valence-electron chi connectivity index (χ1n) is 4.87. The van der Waals surface area contributed by atoms with E-state index in [9.17, 15) is 18.0 Å². The molecule has 1 rings (SSSR count). The number of alkyl halides is 3. The van der Waals surface area contributed by atoms with Crippen molar-refractivity contribution >= 4 is 17.7 Å². The van der Waals surface area contributed by atoms with Crippen molar-refractivity contribution < 1.29 is 23.1 Å². The zero-order chi connectivity index (χ0) is 13.1. The highest BCUT2D eigenvalue weighted by Crippen LogP contribution is 2.33. The maximum Gasteiger partial charge on any atom is 0.417 e. The van der Waals surface area contributed by atoms with Crippen molar-refractivity contribution in [3.63, 3.8) is 0 Å². The van der Waals surface area contributed by atoms with Gasteiger partial charge in [0.15, 0.2) is 0 Å². The smallest absolute Gasteiger partial charge is 0.417 e. The van der Waals surface area contributed by atoms with E-state index in [2.05, 4.69) is 0 Å². The monoisotopic (exact) mass is 264 g/mol. The standard InChI is InChI=1S/C11H11F3O2S/c1-2-17-6-7-3-4-9(11(12,13)14)8(5-7)10(15)16/h3-5H,2,6H2,1H3,(H,15,16). The van der Waals surface area contributed by atoms with Crippen LogP contribution in [0.4, 0.5) is 13.2 Å². The second-order valence-corrected chi connectivity index (χ2v) is 4.59. The Balaban J connectivity index is 3.13. The van der Waals surface area contributed by atoms with Crippen LogP contribution < -0.4 is 0 Å². The lowest BCUT2D eigenvalue weighted by atomic mass is 10.0. The molecular weight excluding hydrogens is 253 g/mol. The zero-order valence-electron chi connectivity index (χ0n) is 9.04. The van der Waals surface area contributed by atoms with Gasteiger partial charge in [-0.05, 0) is 23.4 Å². The minimum absolute atomic E-state index is 0.509. The molecule has 17 heavy (non-hydrogen) atoms. The molecule has 0 aliphatic rings. The fourth-order valence-electron chi connectivity index (χ4n) is 1.33. The molecule has 1 aromatic rings. The van der Waals surface area contributed by atoms with Gasteiger partial charge in [-0.3, -0.25) is 0 Å². The molecule has 0 unspecified atom stereocenters. The number of carboxylic acids is 1. The molecule has 0 radical (unpaired) electrons. The summed E-state index contributed by atoms with van der Waals surface area (Å²) in [5, 5.41) is 8.77. The topological polar surface area (TPSA) is 37.3 Å². The summed E-state index contributed by atoms with van der Waals surface area (Å²) in [6, 6.07) is 3.24. The van der Waals surface area contributed by atoms with Crippen molar-refractivity contribution in [1.29, 1.82) is 0 Å². The van der Waals surface area contributed by atoms with Gasteiger partial charge in [0.05, 0.1) is 11.1 Å². The third-order valence-corrected chi connectivity index (χ3v) is 3.04. The minimum Gasteiger partial charge on any atom is -0.478 e. The molecule has 0 amide bonds. The first-order chi connectivity index (χ1) is 7.86. The predicted molar refractivity (Wildman–Crippen MR) is 60.2 cm³/mol. The number of hydrogen-bond acceptors (Lipinski definition) is 2. The first-order valence-corrected chi connectivity index (χ1v) is 6.03. The fourth-order valence-corrected chi connectivity index (χ4v) is 1.94. The van der Waals surface area contributed by atoms with Crippen molar-refractivity contribution in [3.05, 3.63) is 34.9 Å². The minimum atomic E-state index is -4.63. The van der Waals surface area contributed by atoms with E-state index in [0.29, 0.717) is 11.3 Å². The van der Waals surface area contributed by atoms with E-state index < -0.39 is 23.3 Å². The molecule has 0 aliphatic carbocycles. The number of rotatable bonds is 4. The second-order valence-electron chi connectivity index (χ2n) is 3.32. The highest BCUT2D eigenvalue weighted by molar-refractivity contribution is 7.98. The maximum absolute atomic E-state index is 12.5. The molecule has 0 fully saturated rings. The van der Waals surface area contributed by atoms with Crippen molar-refractivity contribution in [2.75, 3.05) is 5.75 Å². The van der Waals surface area contributed by atoms with Crippen LogP contribution in [0.5, 0.6) is 0 Å². The molecule has 0 saturated heterocycles. The summed E-state index contributed by atoms with van der Waals surface area (Å²) in [5.74, 6) is -0.223. The van der Waals surface area contributed by atoms with Crippen molar-refractivity contribution in [2.24, 2.45) is 0 Å². The van der Waals surface area contributed by atoms with Gasteiger partial charge >= 0.3 is 12.1 Å². The van der Waals surface area contributed by atoms with Gasteiger partial charge in [-0.25, -0.2) is 4.79 Å². The molecular formula is C11H11F3O2S. The molecule has 0 saturated carbocycles. The summed E-state index contributed by atoms with van der Waals surface area (Å²) >= 11 is 1.52. The summed E-state index contributed by atoms with van der Waals surface area (Å²) in [5.41, 5.74) is -1.20. The van der Waals surface area contributed by atoms with Gasteiger partial charge in [-0.15, -0.1) is 0 Å². The van der Waals surface area contributed by atoms with Crippen molar-refractivity contribution in [1.82, 2.24) is 0 Å². The Bertz CT molecular complexity index is 416. The average molecular weight is 264 g/mol. The Morgan fingerprint density at radius 3 is 2.53 bits per heavy atom. The van der Waals surface area contributed by atoms with Gasteiger partial charge < -0.3 is 5.11 Å². The van der Waals surface area contributed by atoms with Gasteiger partial charge in [0.25, 0.3) is 0 Å². The van der Waals surface area contributed by atoms with Crippen molar-refractivity contribution in [2.45, 2.75) is 18.9 Å². The van der Waals surface area contributed by atoms with Crippen LogP contribution in [0.25, 0.3) is 0 Å². The van der Waals surface area contributed by atoms with Crippen LogP contribution in [0.3, 0.4) is 0 Å². The largest absolute Gasteiger partial charge is 0.478 e. The van der Waals surface area contributed by atoms with Crippen LogP contribution in [0.1, 0.15) is 28.4 Å². The molecule has 0 heterocycles. The van der Waals surface area contributed by atoms with Gasteiger partial charge in [0, 0.05) is 5.75 Å². The molecule has 0 spiro atoms. The summed E-state index contributed by atoms with van der Waals surface area (Å²) in [7, 11) is 0. The highest BCUT2D eigenvalue weighted by atomic mass is 32.2. The summed E-state index contributed by atoms with van der Waals surface area (Å²) in [4.78, 5) is 10.8. The van der Waals surface area contributed by atoms with E-state index in [1.54, 1.807) is 0 Å². The van der Waals surface area contributed by atoms with E-state index >= 15 is 0 Å². The van der Waals surface area contributed by atoms with Crippen LogP contribution in [0.2, 0.25) is 0 Å². The van der Waals surface area contributed by atoms with Crippen LogP contribution in [-0.2, 0) is 11.9 Å². The average Bonchev–Trinajstić information content (AvgIpc) is 2.24. The van der Waals surface area contributed by atoms with E-state index in [1.807, 2.05) is 6.92 Å². The lowest BCUT2D eigenvalue weighted by molar-refractivity contribution is -0.138. The molecule has 1 aromatic carbocycles. The lowest BCUT2D eigenvalue weighted by Gasteiger charge is -2.11. The number of hydrogen-bond donors (Lipinski definition) is 1. The Labute approximate surface area is 101 Å². The Hall–Kier alpha value is -1.17. The normalized spacial score (nSPS) is 11.5. The Morgan fingerprint density at radius 1 is 1.41 bits per heavy atom. The third-order valence-electron chi connectivity index (χ3n) is 2.09. The maximum atomic E-state index is 12.5. The first kappa shape index (κ1) is 13.9. The zero-order valence-corrected chi connectivity index (χ0v) is 9.86. The van der Waals surface area contributed by atoms with Gasteiger partial charge in [0.1, 0.15) is 0 Å². The molecule has 94 valence electrons. The molecule has 0 aliphatic heterocycles. The number of carbonyl (C=O) groups is 1. The molecule has 0 atom stereocenters. The molecule has 1 N–H and O–H groups in total. The quantitative estimate of drug-likeness (QED) is 0.901. The van der Waals surface area contributed by atoms with Gasteiger partial charge in [-0.2, -0.15) is 24.9 Å². The van der Waals surface area contributed by atoms with Crippen LogP contribution in [-0.4, -0.2) is 16.8 Å². The Morgan fingerprint density at radius 2 is 2.06 bits per heavy atom. The van der Waals surface area contributed by atoms with Crippen molar-refractivity contribution in [3.8, 4) is 0 Å². The third kappa shape index (κ3) is 3.66. The number of carboxylic acid groups (broad SMARTS) is 1. The number of aromatic carboxylic acids is 1. The molecule has 2 nitrogen and oxygen atoms in total. The summed E-state index contributed by atoms with van der Waals surface area (Å²) < 4.78 is 37.6. The number of benzene rings is 1. The number of thioether (sulfide) groups is 1. The molecule has 6 heteroatoms. The SMILES string of the molecule is CCSCc1ccc(C(F)(F)F)c(C(=O)O)c1. The highest BCUT2D eigenvalue weighted by Gasteiger charge is 2.35. The molecule has 0 bridgehead atoms. The van der Waals surface area contributed by atoms with Gasteiger partial charge in [0.2, 0.25) is 0 Å². The summed E-state index contributed by atoms with van der Waals surface area (Å²) in [6.45, 7) is 1.92. The number of halogens is 3. The molecule has 0 aromatic heterocycles. The van der Waals surface area contributed by atoms with Crippen LogP contribution in [0, 0.1) is 0 Å². The fraction of sp³-hybridized carbons (Fsp3) is 0.364. The Kier molecular flexibility index (Phi) is 4.45. The predicted octanol–water partition coefficient (Wildman–Crippen LogP) is 3.66. The van der Waals surface area contributed by atoms with E-state index in [1.165, 1.54) is 17.8 Å². The second kappa shape index (κ2) is 5.44. The van der Waals surface area contributed by atoms with E-state index in [4.69, 9.17) is 5.11 Å². The van der Waals surface area contributed by atoms with E-state index in [0.717, 1.165) is 17.9 Å². The van der Waals surface area contributed by atoms with Gasteiger partial charge in [-0.1, -0.05) is 13.0 Å². The van der Waals surface area contributed by atoms with Crippen LogP contribution in [0.15, 0.2) is 18.2 Å².